The van der Waals surface area contributed by atoms with Crippen LogP contribution in [0.4, 0.5) is 17.1 Å². The molecule has 0 aliphatic carbocycles. The van der Waals surface area contributed by atoms with Crippen molar-refractivity contribution in [3.8, 4) is 11.1 Å². The van der Waals surface area contributed by atoms with Crippen LogP contribution in [-0.2, 0) is 4.79 Å². The zero-order valence-electron chi connectivity index (χ0n) is 19.0. The third kappa shape index (κ3) is 4.05. The van der Waals surface area contributed by atoms with Crippen molar-refractivity contribution in [2.45, 2.75) is 4.90 Å². The summed E-state index contributed by atoms with van der Waals surface area (Å²) in [6.45, 7) is 0. The van der Waals surface area contributed by atoms with E-state index in [0.29, 0.717) is 10.1 Å². The predicted octanol–water partition coefficient (Wildman–Crippen LogP) is 7.53. The molecule has 0 aromatic heterocycles. The third-order valence-electron chi connectivity index (χ3n) is 5.93. The lowest BCUT2D eigenvalue weighted by molar-refractivity contribution is -0.113. The first-order chi connectivity index (χ1) is 17.2. The highest BCUT2D eigenvalue weighted by molar-refractivity contribution is 8.20. The molecule has 0 spiro atoms. The molecule has 4 aromatic carbocycles. The van der Waals surface area contributed by atoms with Crippen molar-refractivity contribution in [3.63, 3.8) is 0 Å². The average Bonchev–Trinajstić information content (AvgIpc) is 3.41. The highest BCUT2D eigenvalue weighted by Gasteiger charge is 2.40. The number of carbonyl (C=O) groups is 1. The molecule has 0 saturated carbocycles. The van der Waals surface area contributed by atoms with E-state index in [0.717, 1.165) is 38.1 Å². The van der Waals surface area contributed by atoms with Gasteiger partial charge in [-0.25, -0.2) is 4.99 Å². The molecule has 0 atom stereocenters. The molecule has 0 bridgehead atoms. The molecule has 2 heterocycles. The maximum atomic E-state index is 13.8. The number of thioether (sulfide) groups is 2. The average molecular weight is 492 g/mol. The van der Waals surface area contributed by atoms with Gasteiger partial charge in [-0.05, 0) is 59.3 Å². The lowest BCUT2D eigenvalue weighted by atomic mass is 10.1. The summed E-state index contributed by atoms with van der Waals surface area (Å²) in [4.78, 5) is 24.3. The number of rotatable bonds is 3. The van der Waals surface area contributed by atoms with E-state index in [-0.39, 0.29) is 5.91 Å². The maximum Gasteiger partial charge on any atom is 0.274 e. The van der Waals surface area contributed by atoms with E-state index in [9.17, 15) is 4.79 Å². The molecule has 2 aliphatic heterocycles. The Hall–Kier alpha value is -3.74. The molecule has 6 rings (SSSR count). The van der Waals surface area contributed by atoms with E-state index in [4.69, 9.17) is 4.99 Å². The number of anilines is 2. The number of aliphatic imine (C=N–C) groups is 1. The second kappa shape index (κ2) is 9.13. The molecule has 35 heavy (non-hydrogen) atoms. The van der Waals surface area contributed by atoms with Gasteiger partial charge in [0.15, 0.2) is 5.17 Å². The monoisotopic (exact) mass is 491 g/mol. The first-order valence-corrected chi connectivity index (χ1v) is 12.9. The lowest BCUT2D eigenvalue weighted by Gasteiger charge is -2.16. The molecule has 0 radical (unpaired) electrons. The molecular formula is C29H21N3OS2. The van der Waals surface area contributed by atoms with Crippen molar-refractivity contribution < 1.29 is 4.79 Å². The topological polar surface area (TPSA) is 35.9 Å². The Kier molecular flexibility index (Phi) is 5.68. The minimum absolute atomic E-state index is 0.0528. The van der Waals surface area contributed by atoms with Crippen LogP contribution in [0.1, 0.15) is 0 Å². The van der Waals surface area contributed by atoms with Crippen LogP contribution in [0, 0.1) is 0 Å². The normalized spacial score (nSPS) is 18.4. The maximum absolute atomic E-state index is 13.8. The van der Waals surface area contributed by atoms with Gasteiger partial charge in [0.25, 0.3) is 5.91 Å². The summed E-state index contributed by atoms with van der Waals surface area (Å²) in [7, 11) is 2.01. The minimum atomic E-state index is -0.0528. The molecular weight excluding hydrogens is 470 g/mol. The van der Waals surface area contributed by atoms with E-state index in [1.807, 2.05) is 79.8 Å². The number of benzene rings is 4. The standard InChI is InChI=1S/C29H21N3OS2/c1-31-24-14-8-9-15-25(24)34-28(31)26-27(33)32(23-12-6-3-7-13-23)29(35-26)30-22-18-16-21(17-19-22)20-10-4-2-5-11-20/h2-19H,1H3/b28-26+,30-29?. The number of amides is 1. The van der Waals surface area contributed by atoms with Crippen LogP contribution in [0.25, 0.3) is 11.1 Å². The Balaban J connectivity index is 1.39. The van der Waals surface area contributed by atoms with Gasteiger partial charge in [-0.2, -0.15) is 0 Å². The van der Waals surface area contributed by atoms with Gasteiger partial charge in [-0.15, -0.1) is 0 Å². The van der Waals surface area contributed by atoms with Crippen LogP contribution in [0.3, 0.4) is 0 Å². The Labute approximate surface area is 213 Å². The van der Waals surface area contributed by atoms with E-state index in [1.54, 1.807) is 16.7 Å². The van der Waals surface area contributed by atoms with E-state index >= 15 is 0 Å². The van der Waals surface area contributed by atoms with E-state index in [1.165, 1.54) is 11.8 Å². The van der Waals surface area contributed by atoms with Gasteiger partial charge in [-0.1, -0.05) is 84.6 Å². The summed E-state index contributed by atoms with van der Waals surface area (Å²) >= 11 is 3.06. The first-order valence-electron chi connectivity index (χ1n) is 11.3. The zero-order valence-corrected chi connectivity index (χ0v) is 20.6. The van der Waals surface area contributed by atoms with Crippen molar-refractivity contribution in [1.29, 1.82) is 0 Å². The quantitative estimate of drug-likeness (QED) is 0.278. The number of hydrogen-bond acceptors (Lipinski definition) is 5. The third-order valence-corrected chi connectivity index (χ3v) is 8.32. The Morgan fingerprint density at radius 3 is 2.03 bits per heavy atom. The minimum Gasteiger partial charge on any atom is -0.337 e. The van der Waals surface area contributed by atoms with Crippen LogP contribution < -0.4 is 9.80 Å². The Morgan fingerprint density at radius 2 is 1.31 bits per heavy atom. The fraction of sp³-hybridized carbons (Fsp3) is 0.0345. The van der Waals surface area contributed by atoms with Crippen LogP contribution >= 0.6 is 23.5 Å². The largest absolute Gasteiger partial charge is 0.337 e. The second-order valence-corrected chi connectivity index (χ2v) is 10.2. The van der Waals surface area contributed by atoms with E-state index in [2.05, 4.69) is 41.3 Å². The van der Waals surface area contributed by atoms with Crippen LogP contribution in [0.15, 0.2) is 129 Å². The molecule has 1 saturated heterocycles. The lowest BCUT2D eigenvalue weighted by Crippen LogP contribution is -2.29. The summed E-state index contributed by atoms with van der Waals surface area (Å²) in [6.07, 6.45) is 0. The summed E-state index contributed by atoms with van der Waals surface area (Å²) in [6, 6.07) is 36.4. The Bertz CT molecular complexity index is 1470. The summed E-state index contributed by atoms with van der Waals surface area (Å²) < 4.78 is 0. The number of fused-ring (bicyclic) bond motifs is 1. The van der Waals surface area contributed by atoms with Gasteiger partial charge in [0.1, 0.15) is 4.91 Å². The molecule has 6 heteroatoms. The Morgan fingerprint density at radius 1 is 0.686 bits per heavy atom. The number of nitrogens with zero attached hydrogens (tertiary/aromatic N) is 3. The number of para-hydroxylation sites is 2. The highest BCUT2D eigenvalue weighted by atomic mass is 32.2. The highest BCUT2D eigenvalue weighted by Crippen LogP contribution is 2.50. The molecule has 4 aromatic rings. The SMILES string of the molecule is CN1/C(=C2\SC(=Nc3ccc(-c4ccccc4)cc3)N(c3ccccc3)C2=O)Sc2ccccc21. The van der Waals surface area contributed by atoms with Crippen LogP contribution in [0.2, 0.25) is 0 Å². The van der Waals surface area contributed by atoms with Gasteiger partial charge in [0, 0.05) is 11.9 Å². The predicted molar refractivity (Wildman–Crippen MR) is 148 cm³/mol. The van der Waals surface area contributed by atoms with Gasteiger partial charge >= 0.3 is 0 Å². The van der Waals surface area contributed by atoms with Gasteiger partial charge < -0.3 is 4.90 Å². The van der Waals surface area contributed by atoms with Crippen molar-refractivity contribution >= 4 is 51.7 Å². The number of amidine groups is 1. The second-order valence-electron chi connectivity index (χ2n) is 8.15. The number of carbonyl (C=O) groups excluding carboxylic acids is 1. The molecule has 2 aliphatic rings. The summed E-state index contributed by atoms with van der Waals surface area (Å²) in [5, 5.41) is 1.59. The summed E-state index contributed by atoms with van der Waals surface area (Å²) in [5.74, 6) is -0.0528. The molecule has 1 fully saturated rings. The van der Waals surface area contributed by atoms with Crippen molar-refractivity contribution in [2.75, 3.05) is 16.8 Å². The molecule has 0 unspecified atom stereocenters. The summed E-state index contributed by atoms with van der Waals surface area (Å²) in [5.41, 5.74) is 5.03. The fourth-order valence-corrected chi connectivity index (χ4v) is 6.50. The number of hydrogen-bond donors (Lipinski definition) is 0. The molecule has 4 nitrogen and oxygen atoms in total. The van der Waals surface area contributed by atoms with Gasteiger partial charge in [-0.3, -0.25) is 9.69 Å². The van der Waals surface area contributed by atoms with Crippen molar-refractivity contribution in [1.82, 2.24) is 0 Å². The fourth-order valence-electron chi connectivity index (χ4n) is 4.15. The van der Waals surface area contributed by atoms with Crippen LogP contribution in [0.5, 0.6) is 0 Å². The van der Waals surface area contributed by atoms with E-state index < -0.39 is 0 Å². The van der Waals surface area contributed by atoms with Gasteiger partial charge in [0.05, 0.1) is 22.1 Å². The molecule has 170 valence electrons. The van der Waals surface area contributed by atoms with Gasteiger partial charge in [0.2, 0.25) is 0 Å². The molecule has 1 amide bonds. The van der Waals surface area contributed by atoms with Crippen molar-refractivity contribution in [3.05, 3.63) is 119 Å². The van der Waals surface area contributed by atoms with Crippen molar-refractivity contribution in [2.24, 2.45) is 4.99 Å². The van der Waals surface area contributed by atoms with Crippen LogP contribution in [-0.4, -0.2) is 18.1 Å². The smallest absolute Gasteiger partial charge is 0.274 e. The molecule has 0 N–H and O–H groups in total. The zero-order chi connectivity index (χ0) is 23.8. The first kappa shape index (κ1) is 21.8.